The third-order valence-electron chi connectivity index (χ3n) is 4.21. The summed E-state index contributed by atoms with van der Waals surface area (Å²) >= 11 is 0. The molecule has 148 valence electrons. The van der Waals surface area contributed by atoms with Gasteiger partial charge in [-0.25, -0.2) is 0 Å². The van der Waals surface area contributed by atoms with E-state index in [-0.39, 0.29) is 11.6 Å². The van der Waals surface area contributed by atoms with E-state index in [1.54, 1.807) is 24.3 Å². The van der Waals surface area contributed by atoms with E-state index in [4.69, 9.17) is 9.47 Å². The van der Waals surface area contributed by atoms with Crippen LogP contribution in [0.3, 0.4) is 0 Å². The van der Waals surface area contributed by atoms with Gasteiger partial charge in [-0.15, -0.1) is 0 Å². The van der Waals surface area contributed by atoms with E-state index < -0.39 is 5.91 Å². The average Bonchev–Trinajstić information content (AvgIpc) is 2.78. The van der Waals surface area contributed by atoms with Crippen LogP contribution >= 0.6 is 0 Å². The number of rotatable bonds is 7. The monoisotopic (exact) mass is 391 g/mol. The van der Waals surface area contributed by atoms with E-state index in [0.717, 1.165) is 5.56 Å². The summed E-state index contributed by atoms with van der Waals surface area (Å²) in [7, 11) is 3.04. The molecular formula is C22H21N3O4. The van der Waals surface area contributed by atoms with E-state index in [1.807, 2.05) is 30.3 Å². The summed E-state index contributed by atoms with van der Waals surface area (Å²) in [6, 6.07) is 17.6. The van der Waals surface area contributed by atoms with Crippen molar-refractivity contribution in [3.63, 3.8) is 0 Å². The molecule has 2 N–H and O–H groups in total. The zero-order valence-electron chi connectivity index (χ0n) is 16.1. The van der Waals surface area contributed by atoms with Crippen LogP contribution in [0.15, 0.2) is 66.9 Å². The Hall–Kier alpha value is -3.87. The highest BCUT2D eigenvalue weighted by atomic mass is 16.5. The number of anilines is 1. The molecule has 0 fully saturated rings. The number of nitrogens with zero attached hydrogens (tertiary/aromatic N) is 1. The number of amides is 2. The van der Waals surface area contributed by atoms with Crippen molar-refractivity contribution in [3.8, 4) is 11.5 Å². The van der Waals surface area contributed by atoms with Crippen LogP contribution in [0, 0.1) is 0 Å². The molecule has 3 aromatic rings. The molecule has 7 nitrogen and oxygen atoms in total. The Morgan fingerprint density at radius 1 is 0.931 bits per heavy atom. The quantitative estimate of drug-likeness (QED) is 0.645. The third-order valence-corrected chi connectivity index (χ3v) is 4.21. The molecule has 0 aliphatic rings. The second kappa shape index (κ2) is 9.36. The van der Waals surface area contributed by atoms with E-state index in [0.29, 0.717) is 29.3 Å². The molecule has 0 radical (unpaired) electrons. The third kappa shape index (κ3) is 5.10. The van der Waals surface area contributed by atoms with Crippen LogP contribution < -0.4 is 20.1 Å². The maximum Gasteiger partial charge on any atom is 0.274 e. The predicted octanol–water partition coefficient (Wildman–Crippen LogP) is 3.28. The first kappa shape index (κ1) is 19.9. The predicted molar refractivity (Wildman–Crippen MR) is 109 cm³/mol. The van der Waals surface area contributed by atoms with Gasteiger partial charge in [0.05, 0.1) is 19.9 Å². The molecule has 1 aromatic heterocycles. The largest absolute Gasteiger partial charge is 0.497 e. The van der Waals surface area contributed by atoms with Gasteiger partial charge in [-0.05, 0) is 29.8 Å². The highest BCUT2D eigenvalue weighted by Crippen LogP contribution is 2.29. The summed E-state index contributed by atoms with van der Waals surface area (Å²) in [4.78, 5) is 29.1. The number of nitrogens with one attached hydrogen (secondary N) is 2. The zero-order valence-corrected chi connectivity index (χ0v) is 16.1. The van der Waals surface area contributed by atoms with Gasteiger partial charge in [-0.1, -0.05) is 30.3 Å². The van der Waals surface area contributed by atoms with Crippen molar-refractivity contribution in [2.45, 2.75) is 6.54 Å². The Bertz CT molecular complexity index is 1010. The number of hydrogen-bond donors (Lipinski definition) is 2. The van der Waals surface area contributed by atoms with Gasteiger partial charge >= 0.3 is 0 Å². The number of pyridine rings is 1. The van der Waals surface area contributed by atoms with Gasteiger partial charge in [0.2, 0.25) is 0 Å². The fourth-order valence-electron chi connectivity index (χ4n) is 2.67. The molecule has 0 aliphatic heterocycles. The number of ether oxygens (including phenoxy) is 2. The Balaban J connectivity index is 1.72. The van der Waals surface area contributed by atoms with Gasteiger partial charge in [0.1, 0.15) is 17.2 Å². The van der Waals surface area contributed by atoms with Crippen molar-refractivity contribution >= 4 is 17.5 Å². The van der Waals surface area contributed by atoms with Crippen LogP contribution in [-0.4, -0.2) is 31.0 Å². The highest BCUT2D eigenvalue weighted by molar-refractivity contribution is 6.05. The van der Waals surface area contributed by atoms with Gasteiger partial charge in [-0.3, -0.25) is 14.6 Å². The van der Waals surface area contributed by atoms with Crippen LogP contribution in [0.5, 0.6) is 11.5 Å². The number of methoxy groups -OCH3 is 2. The molecule has 0 atom stereocenters. The maximum atomic E-state index is 12.6. The van der Waals surface area contributed by atoms with E-state index in [9.17, 15) is 9.59 Å². The average molecular weight is 391 g/mol. The lowest BCUT2D eigenvalue weighted by atomic mass is 10.2. The molecule has 0 spiro atoms. The Labute approximate surface area is 168 Å². The maximum absolute atomic E-state index is 12.6. The smallest absolute Gasteiger partial charge is 0.274 e. The molecule has 0 saturated heterocycles. The molecule has 1 heterocycles. The minimum absolute atomic E-state index is 0.113. The summed E-state index contributed by atoms with van der Waals surface area (Å²) in [5.41, 5.74) is 1.89. The van der Waals surface area contributed by atoms with Crippen molar-refractivity contribution in [2.24, 2.45) is 0 Å². The van der Waals surface area contributed by atoms with Crippen LogP contribution in [0.4, 0.5) is 5.69 Å². The van der Waals surface area contributed by atoms with Crippen LogP contribution in [-0.2, 0) is 6.54 Å². The number of aromatic nitrogens is 1. The summed E-state index contributed by atoms with van der Waals surface area (Å²) < 4.78 is 10.4. The lowest BCUT2D eigenvalue weighted by Gasteiger charge is -2.12. The van der Waals surface area contributed by atoms with Gasteiger partial charge < -0.3 is 20.1 Å². The molecule has 29 heavy (non-hydrogen) atoms. The van der Waals surface area contributed by atoms with Crippen molar-refractivity contribution in [1.82, 2.24) is 10.3 Å². The fraction of sp³-hybridized carbons (Fsp3) is 0.136. The zero-order chi connectivity index (χ0) is 20.6. The Morgan fingerprint density at radius 3 is 2.45 bits per heavy atom. The molecule has 0 saturated carbocycles. The first-order chi connectivity index (χ1) is 14.1. The van der Waals surface area contributed by atoms with Crippen molar-refractivity contribution in [1.29, 1.82) is 0 Å². The summed E-state index contributed by atoms with van der Waals surface area (Å²) in [5, 5.41) is 5.57. The first-order valence-electron chi connectivity index (χ1n) is 8.92. The van der Waals surface area contributed by atoms with Gasteiger partial charge in [-0.2, -0.15) is 0 Å². The standard InChI is InChI=1S/C22H21N3O4/c1-28-17-8-9-20(29-2)18(13-17)25-22(27)19-12-16(10-11-23-19)21(26)24-14-15-6-4-3-5-7-15/h3-13H,14H2,1-2H3,(H,24,26)(H,25,27). The second-order valence-corrected chi connectivity index (χ2v) is 6.12. The van der Waals surface area contributed by atoms with Gasteiger partial charge in [0.15, 0.2) is 0 Å². The molecule has 0 bridgehead atoms. The Kier molecular flexibility index (Phi) is 6.42. The number of carbonyl (C=O) groups excluding carboxylic acids is 2. The van der Waals surface area contributed by atoms with Crippen LogP contribution in [0.25, 0.3) is 0 Å². The molecule has 3 rings (SSSR count). The fourth-order valence-corrected chi connectivity index (χ4v) is 2.67. The second-order valence-electron chi connectivity index (χ2n) is 6.12. The topological polar surface area (TPSA) is 89.5 Å². The normalized spacial score (nSPS) is 10.1. The molecule has 0 unspecified atom stereocenters. The SMILES string of the molecule is COc1ccc(OC)c(NC(=O)c2cc(C(=O)NCc3ccccc3)ccn2)c1. The van der Waals surface area contributed by atoms with Gasteiger partial charge in [0, 0.05) is 24.4 Å². The minimum atomic E-state index is -0.464. The summed E-state index contributed by atoms with van der Waals surface area (Å²) in [5.74, 6) is 0.303. The highest BCUT2D eigenvalue weighted by Gasteiger charge is 2.14. The van der Waals surface area contributed by atoms with E-state index in [2.05, 4.69) is 15.6 Å². The molecule has 2 amide bonds. The minimum Gasteiger partial charge on any atom is -0.497 e. The van der Waals surface area contributed by atoms with E-state index >= 15 is 0 Å². The number of hydrogen-bond acceptors (Lipinski definition) is 5. The first-order valence-corrected chi connectivity index (χ1v) is 8.92. The Morgan fingerprint density at radius 2 is 1.72 bits per heavy atom. The van der Waals surface area contributed by atoms with Crippen LogP contribution in [0.2, 0.25) is 0 Å². The van der Waals surface area contributed by atoms with Crippen molar-refractivity contribution in [2.75, 3.05) is 19.5 Å². The molecule has 0 aliphatic carbocycles. The molecule has 2 aromatic carbocycles. The lowest BCUT2D eigenvalue weighted by Crippen LogP contribution is -2.23. The van der Waals surface area contributed by atoms with E-state index in [1.165, 1.54) is 26.5 Å². The summed E-state index contributed by atoms with van der Waals surface area (Å²) in [6.45, 7) is 0.393. The summed E-state index contributed by atoms with van der Waals surface area (Å²) in [6.07, 6.45) is 1.43. The number of benzene rings is 2. The van der Waals surface area contributed by atoms with Gasteiger partial charge in [0.25, 0.3) is 11.8 Å². The van der Waals surface area contributed by atoms with Crippen molar-refractivity contribution < 1.29 is 19.1 Å². The molecular weight excluding hydrogens is 370 g/mol. The van der Waals surface area contributed by atoms with Crippen molar-refractivity contribution in [3.05, 3.63) is 83.7 Å². The van der Waals surface area contributed by atoms with Crippen LogP contribution in [0.1, 0.15) is 26.4 Å². The lowest BCUT2D eigenvalue weighted by molar-refractivity contribution is 0.0951. The number of carbonyl (C=O) groups is 2. The molecule has 7 heteroatoms.